The lowest BCUT2D eigenvalue weighted by Crippen LogP contribution is -2.49. The highest BCUT2D eigenvalue weighted by molar-refractivity contribution is 9.10. The van der Waals surface area contributed by atoms with Gasteiger partial charge in [-0.1, -0.05) is 34.8 Å². The Labute approximate surface area is 179 Å². The average molecular weight is 457 g/mol. The van der Waals surface area contributed by atoms with Gasteiger partial charge in [0.25, 0.3) is 5.91 Å². The van der Waals surface area contributed by atoms with Crippen LogP contribution in [0.4, 0.5) is 11.5 Å². The number of aromatic nitrogens is 1. The summed E-state index contributed by atoms with van der Waals surface area (Å²) in [5, 5.41) is 2.98. The third kappa shape index (κ3) is 4.78. The number of hydrogen-bond acceptors (Lipinski definition) is 4. The molecule has 2 aliphatic rings. The maximum absolute atomic E-state index is 12.7. The van der Waals surface area contributed by atoms with E-state index < -0.39 is 0 Å². The number of pyridine rings is 1. The number of benzene rings is 1. The number of carbonyl (C=O) groups is 2. The predicted octanol–water partition coefficient (Wildman–Crippen LogP) is 3.94. The zero-order valence-corrected chi connectivity index (χ0v) is 17.9. The van der Waals surface area contributed by atoms with Crippen molar-refractivity contribution in [3.8, 4) is 0 Å². The van der Waals surface area contributed by atoms with Crippen LogP contribution in [0.3, 0.4) is 0 Å². The van der Waals surface area contributed by atoms with Gasteiger partial charge in [0.15, 0.2) is 0 Å². The third-order valence-corrected chi connectivity index (χ3v) is 6.20. The first kappa shape index (κ1) is 19.9. The van der Waals surface area contributed by atoms with Crippen LogP contribution in [0, 0.1) is 5.92 Å². The van der Waals surface area contributed by atoms with Gasteiger partial charge in [-0.2, -0.15) is 0 Å². The minimum atomic E-state index is 0.0592. The number of piperazine rings is 1. The number of carbonyl (C=O) groups excluding carboxylic acids is 2. The molecule has 1 N–H and O–H groups in total. The van der Waals surface area contributed by atoms with Gasteiger partial charge in [0, 0.05) is 42.1 Å². The second kappa shape index (κ2) is 8.95. The molecule has 2 aromatic rings. The summed E-state index contributed by atoms with van der Waals surface area (Å²) < 4.78 is 0.909. The smallest absolute Gasteiger partial charge is 0.254 e. The molecule has 1 saturated heterocycles. The monoisotopic (exact) mass is 456 g/mol. The zero-order valence-electron chi connectivity index (χ0n) is 16.3. The first-order chi connectivity index (χ1) is 14.1. The maximum atomic E-state index is 12.7. The summed E-state index contributed by atoms with van der Waals surface area (Å²) in [4.78, 5) is 33.5. The van der Waals surface area contributed by atoms with Gasteiger partial charge in [-0.3, -0.25) is 9.59 Å². The van der Waals surface area contributed by atoms with Crippen molar-refractivity contribution in [2.75, 3.05) is 36.4 Å². The van der Waals surface area contributed by atoms with E-state index in [4.69, 9.17) is 0 Å². The molecule has 0 atom stereocenters. The Kier molecular flexibility index (Phi) is 6.13. The van der Waals surface area contributed by atoms with Crippen LogP contribution in [0.2, 0.25) is 0 Å². The van der Waals surface area contributed by atoms with E-state index in [1.165, 1.54) is 0 Å². The van der Waals surface area contributed by atoms with Crippen LogP contribution in [-0.4, -0.2) is 47.9 Å². The molecule has 152 valence electrons. The summed E-state index contributed by atoms with van der Waals surface area (Å²) in [5.74, 6) is 1.18. The zero-order chi connectivity index (χ0) is 20.2. The van der Waals surface area contributed by atoms with Crippen LogP contribution in [0.1, 0.15) is 36.0 Å². The van der Waals surface area contributed by atoms with Crippen molar-refractivity contribution < 1.29 is 9.59 Å². The van der Waals surface area contributed by atoms with Gasteiger partial charge in [0.1, 0.15) is 5.82 Å². The fourth-order valence-corrected chi connectivity index (χ4v) is 4.42. The van der Waals surface area contributed by atoms with Crippen LogP contribution >= 0.6 is 15.9 Å². The topological polar surface area (TPSA) is 65.5 Å². The number of nitrogens with one attached hydrogen (secondary N) is 1. The lowest BCUT2D eigenvalue weighted by atomic mass is 10.1. The maximum Gasteiger partial charge on any atom is 0.254 e. The summed E-state index contributed by atoms with van der Waals surface area (Å²) in [5.41, 5.74) is 1.45. The van der Waals surface area contributed by atoms with Crippen molar-refractivity contribution in [1.29, 1.82) is 0 Å². The van der Waals surface area contributed by atoms with Crippen LogP contribution in [-0.2, 0) is 4.79 Å². The van der Waals surface area contributed by atoms with Crippen molar-refractivity contribution in [3.63, 3.8) is 0 Å². The Morgan fingerprint density at radius 1 is 1.03 bits per heavy atom. The van der Waals surface area contributed by atoms with Crippen molar-refractivity contribution in [3.05, 3.63) is 52.6 Å². The van der Waals surface area contributed by atoms with E-state index in [0.717, 1.165) is 54.8 Å². The molecule has 0 bridgehead atoms. The van der Waals surface area contributed by atoms with Gasteiger partial charge in [-0.15, -0.1) is 0 Å². The molecule has 2 amide bonds. The molecule has 29 heavy (non-hydrogen) atoms. The molecule has 0 spiro atoms. The standard InChI is InChI=1S/C22H25BrN4O2/c23-18-7-3-6-17(14-18)22(29)27-12-10-26(11-13-27)20-9-8-19(15-24-20)25-21(28)16-4-1-2-5-16/h3,6-9,14-16H,1-2,4-5,10-13H2,(H,25,28). The highest BCUT2D eigenvalue weighted by Gasteiger charge is 2.24. The molecule has 2 fully saturated rings. The summed E-state index contributed by atoms with van der Waals surface area (Å²) in [6, 6.07) is 11.4. The number of anilines is 2. The summed E-state index contributed by atoms with van der Waals surface area (Å²) in [6.45, 7) is 2.79. The highest BCUT2D eigenvalue weighted by atomic mass is 79.9. The Morgan fingerprint density at radius 2 is 1.79 bits per heavy atom. The lowest BCUT2D eigenvalue weighted by molar-refractivity contribution is -0.119. The largest absolute Gasteiger partial charge is 0.353 e. The van der Waals surface area contributed by atoms with Crippen molar-refractivity contribution >= 4 is 39.2 Å². The molecule has 7 heteroatoms. The summed E-state index contributed by atoms with van der Waals surface area (Å²) in [6.07, 6.45) is 5.98. The van der Waals surface area contributed by atoms with Crippen LogP contribution in [0.5, 0.6) is 0 Å². The van der Waals surface area contributed by atoms with Gasteiger partial charge in [0.2, 0.25) is 5.91 Å². The second-order valence-corrected chi connectivity index (χ2v) is 8.58. The molecule has 2 heterocycles. The van der Waals surface area contributed by atoms with Gasteiger partial charge in [-0.05, 0) is 43.2 Å². The van der Waals surface area contributed by atoms with E-state index in [2.05, 4.69) is 31.1 Å². The Bertz CT molecular complexity index is 873. The van der Waals surface area contributed by atoms with Gasteiger partial charge < -0.3 is 15.1 Å². The fourth-order valence-electron chi connectivity index (χ4n) is 4.02. The fraction of sp³-hybridized carbons (Fsp3) is 0.409. The van der Waals surface area contributed by atoms with Crippen molar-refractivity contribution in [2.45, 2.75) is 25.7 Å². The first-order valence-electron chi connectivity index (χ1n) is 10.2. The normalized spacial score (nSPS) is 17.4. The van der Waals surface area contributed by atoms with E-state index in [1.54, 1.807) is 6.20 Å². The van der Waals surface area contributed by atoms with Crippen molar-refractivity contribution in [2.24, 2.45) is 5.92 Å². The Balaban J connectivity index is 1.31. The minimum Gasteiger partial charge on any atom is -0.353 e. The molecule has 1 saturated carbocycles. The molecule has 4 rings (SSSR count). The Morgan fingerprint density at radius 3 is 2.45 bits per heavy atom. The Hall–Kier alpha value is -2.41. The molecule has 1 aromatic heterocycles. The van der Waals surface area contributed by atoms with E-state index >= 15 is 0 Å². The van der Waals surface area contributed by atoms with Gasteiger partial charge in [0.05, 0.1) is 11.9 Å². The molecule has 1 aliphatic heterocycles. The number of rotatable bonds is 4. The SMILES string of the molecule is O=C(Nc1ccc(N2CCN(C(=O)c3cccc(Br)c3)CC2)nc1)C1CCCC1. The average Bonchev–Trinajstić information content (AvgIpc) is 3.29. The van der Waals surface area contributed by atoms with Gasteiger partial charge >= 0.3 is 0 Å². The minimum absolute atomic E-state index is 0.0592. The molecular formula is C22H25BrN4O2. The molecular weight excluding hydrogens is 432 g/mol. The van der Waals surface area contributed by atoms with E-state index in [-0.39, 0.29) is 17.7 Å². The van der Waals surface area contributed by atoms with Crippen LogP contribution < -0.4 is 10.2 Å². The van der Waals surface area contributed by atoms with Crippen LogP contribution in [0.15, 0.2) is 47.1 Å². The first-order valence-corrected chi connectivity index (χ1v) is 11.0. The third-order valence-electron chi connectivity index (χ3n) is 5.70. The number of nitrogens with zero attached hydrogens (tertiary/aromatic N) is 3. The molecule has 0 radical (unpaired) electrons. The predicted molar refractivity (Wildman–Crippen MR) is 117 cm³/mol. The second-order valence-electron chi connectivity index (χ2n) is 7.67. The summed E-state index contributed by atoms with van der Waals surface area (Å²) in [7, 11) is 0. The lowest BCUT2D eigenvalue weighted by Gasteiger charge is -2.35. The van der Waals surface area contributed by atoms with E-state index in [1.807, 2.05) is 41.3 Å². The molecule has 1 aromatic carbocycles. The number of hydrogen-bond donors (Lipinski definition) is 1. The molecule has 6 nitrogen and oxygen atoms in total. The quantitative estimate of drug-likeness (QED) is 0.756. The molecule has 0 unspecified atom stereocenters. The molecule has 1 aliphatic carbocycles. The van der Waals surface area contributed by atoms with E-state index in [0.29, 0.717) is 18.7 Å². The van der Waals surface area contributed by atoms with Crippen LogP contribution in [0.25, 0.3) is 0 Å². The van der Waals surface area contributed by atoms with E-state index in [9.17, 15) is 9.59 Å². The summed E-state index contributed by atoms with van der Waals surface area (Å²) >= 11 is 3.42. The number of amides is 2. The number of halogens is 1. The van der Waals surface area contributed by atoms with Crippen molar-refractivity contribution in [1.82, 2.24) is 9.88 Å². The highest BCUT2D eigenvalue weighted by Crippen LogP contribution is 2.26. The van der Waals surface area contributed by atoms with Gasteiger partial charge in [-0.25, -0.2) is 4.98 Å².